The van der Waals surface area contributed by atoms with E-state index in [0.29, 0.717) is 24.3 Å². The van der Waals surface area contributed by atoms with Crippen molar-refractivity contribution in [3.8, 4) is 0 Å². The van der Waals surface area contributed by atoms with Gasteiger partial charge in [-0.1, -0.05) is 57.5 Å². The summed E-state index contributed by atoms with van der Waals surface area (Å²) in [6, 6.07) is 18.0. The number of hydrogen-bond donors (Lipinski definition) is 0. The molecule has 0 amide bonds. The first-order chi connectivity index (χ1) is 13.6. The highest BCUT2D eigenvalue weighted by atomic mass is 79.9. The molecule has 142 valence electrons. The number of aromatic nitrogens is 1. The third-order valence-electron chi connectivity index (χ3n) is 4.39. The van der Waals surface area contributed by atoms with Gasteiger partial charge in [0.25, 0.3) is 0 Å². The minimum Gasteiger partial charge on any atom is -0.354 e. The molecule has 28 heavy (non-hydrogen) atoms. The van der Waals surface area contributed by atoms with Gasteiger partial charge in [-0.25, -0.2) is 0 Å². The van der Waals surface area contributed by atoms with E-state index in [4.69, 9.17) is 21.5 Å². The van der Waals surface area contributed by atoms with E-state index in [1.807, 2.05) is 83.5 Å². The van der Waals surface area contributed by atoms with Crippen molar-refractivity contribution in [3.63, 3.8) is 0 Å². The maximum Gasteiger partial charge on any atom is 0.184 e. The lowest BCUT2D eigenvalue weighted by atomic mass is 10.2. The summed E-state index contributed by atoms with van der Waals surface area (Å²) in [6.07, 6.45) is 3.90. The van der Waals surface area contributed by atoms with Gasteiger partial charge in [0, 0.05) is 10.2 Å². The summed E-state index contributed by atoms with van der Waals surface area (Å²) >= 11 is 9.24. The molecule has 0 spiro atoms. The van der Waals surface area contributed by atoms with Gasteiger partial charge in [0.2, 0.25) is 0 Å². The van der Waals surface area contributed by atoms with Crippen LogP contribution in [0, 0.1) is 6.92 Å². The van der Waals surface area contributed by atoms with Crippen LogP contribution in [-0.4, -0.2) is 23.7 Å². The van der Waals surface area contributed by atoms with Crippen LogP contribution < -0.4 is 9.80 Å². The quantitative estimate of drug-likeness (QED) is 0.486. The van der Waals surface area contributed by atoms with Gasteiger partial charge in [-0.2, -0.15) is 0 Å². The van der Waals surface area contributed by atoms with Crippen LogP contribution in [-0.2, 0) is 4.74 Å². The molecule has 1 aromatic heterocycles. The van der Waals surface area contributed by atoms with Crippen LogP contribution in [0.1, 0.15) is 17.0 Å². The molecule has 0 radical (unpaired) electrons. The maximum atomic E-state index is 5.81. The number of hydrogen-bond acceptors (Lipinski definition) is 4. The van der Waals surface area contributed by atoms with Crippen molar-refractivity contribution in [3.05, 3.63) is 76.1 Å². The van der Waals surface area contributed by atoms with E-state index >= 15 is 0 Å². The Kier molecular flexibility index (Phi) is 5.57. The van der Waals surface area contributed by atoms with Crippen LogP contribution >= 0.6 is 28.1 Å². The zero-order valence-electron chi connectivity index (χ0n) is 15.2. The fourth-order valence-electron chi connectivity index (χ4n) is 3.00. The highest BCUT2D eigenvalue weighted by molar-refractivity contribution is 9.10. The van der Waals surface area contributed by atoms with Crippen LogP contribution in [0.5, 0.6) is 0 Å². The second-order valence-electron chi connectivity index (χ2n) is 6.30. The number of nitrogens with zero attached hydrogens (tertiary/aromatic N) is 3. The third kappa shape index (κ3) is 3.87. The van der Waals surface area contributed by atoms with Crippen LogP contribution in [0.2, 0.25) is 0 Å². The smallest absolute Gasteiger partial charge is 0.184 e. The van der Waals surface area contributed by atoms with Gasteiger partial charge in [0.1, 0.15) is 24.8 Å². The first-order valence-electron chi connectivity index (χ1n) is 8.75. The summed E-state index contributed by atoms with van der Waals surface area (Å²) in [5, 5.41) is 4.79. The molecule has 2 heterocycles. The van der Waals surface area contributed by atoms with Gasteiger partial charge in [0.15, 0.2) is 10.9 Å². The standard InChI is InChI=1S/C21H18BrN3O2S/c1-15-20(19(27-23-15)12-7-16-5-3-2-4-6-16)25-14-26-13-24(21(25)28)18-10-8-17(22)9-11-18/h2-12H,13-14H2,1H3/b12-7+. The molecule has 2 aromatic carbocycles. The van der Waals surface area contributed by atoms with Crippen LogP contribution in [0.3, 0.4) is 0 Å². The van der Waals surface area contributed by atoms with E-state index in [9.17, 15) is 0 Å². The summed E-state index contributed by atoms with van der Waals surface area (Å²) in [5.41, 5.74) is 3.63. The Labute approximate surface area is 177 Å². The largest absolute Gasteiger partial charge is 0.354 e. The van der Waals surface area contributed by atoms with Crippen molar-refractivity contribution in [1.29, 1.82) is 0 Å². The molecule has 0 bridgehead atoms. The molecule has 0 aliphatic carbocycles. The van der Waals surface area contributed by atoms with Gasteiger partial charge < -0.3 is 9.26 Å². The Morgan fingerprint density at radius 3 is 2.46 bits per heavy atom. The molecule has 1 saturated heterocycles. The lowest BCUT2D eigenvalue weighted by Crippen LogP contribution is -2.51. The molecular formula is C21H18BrN3O2S. The SMILES string of the molecule is Cc1noc(/C=C/c2ccccc2)c1N1COCN(c2ccc(Br)cc2)C1=S. The normalized spacial score (nSPS) is 14.9. The Morgan fingerprint density at radius 1 is 1.00 bits per heavy atom. The first kappa shape index (κ1) is 18.9. The molecular weight excluding hydrogens is 438 g/mol. The van der Waals surface area contributed by atoms with Gasteiger partial charge in [0.05, 0.1) is 0 Å². The summed E-state index contributed by atoms with van der Waals surface area (Å²) in [7, 11) is 0. The van der Waals surface area contributed by atoms with Crippen LogP contribution in [0.4, 0.5) is 11.4 Å². The van der Waals surface area contributed by atoms with Gasteiger partial charge in [-0.15, -0.1) is 0 Å². The van der Waals surface area contributed by atoms with E-state index in [1.54, 1.807) is 0 Å². The van der Waals surface area contributed by atoms with Crippen molar-refractivity contribution in [2.24, 2.45) is 0 Å². The average molecular weight is 456 g/mol. The summed E-state index contributed by atoms with van der Waals surface area (Å²) in [6.45, 7) is 2.65. The number of anilines is 2. The minimum absolute atomic E-state index is 0.347. The zero-order chi connectivity index (χ0) is 19.5. The predicted octanol–water partition coefficient (Wildman–Crippen LogP) is 5.46. The highest BCUT2D eigenvalue weighted by Gasteiger charge is 2.29. The van der Waals surface area contributed by atoms with E-state index in [-0.39, 0.29) is 0 Å². The Bertz CT molecular complexity index is 1000. The number of rotatable bonds is 4. The topological polar surface area (TPSA) is 41.7 Å². The second kappa shape index (κ2) is 8.26. The summed E-state index contributed by atoms with van der Waals surface area (Å²) < 4.78 is 12.4. The molecule has 1 aliphatic rings. The number of ether oxygens (including phenoxy) is 1. The molecule has 4 rings (SSSR count). The van der Waals surface area contributed by atoms with E-state index in [0.717, 1.165) is 27.1 Å². The third-order valence-corrected chi connectivity index (χ3v) is 5.36. The molecule has 0 atom stereocenters. The Hall–Kier alpha value is -2.48. The molecule has 5 nitrogen and oxygen atoms in total. The van der Waals surface area contributed by atoms with E-state index in [1.165, 1.54) is 0 Å². The fourth-order valence-corrected chi connectivity index (χ4v) is 3.57. The maximum absolute atomic E-state index is 5.81. The molecule has 1 fully saturated rings. The van der Waals surface area contributed by atoms with E-state index < -0.39 is 0 Å². The minimum atomic E-state index is 0.347. The summed E-state index contributed by atoms with van der Waals surface area (Å²) in [5.74, 6) is 0.643. The van der Waals surface area contributed by atoms with Gasteiger partial charge in [-0.3, -0.25) is 9.80 Å². The van der Waals surface area contributed by atoms with Crippen molar-refractivity contribution >= 4 is 56.8 Å². The predicted molar refractivity (Wildman–Crippen MR) is 119 cm³/mol. The number of thiocarbonyl (C=S) groups is 1. The molecule has 0 N–H and O–H groups in total. The van der Waals surface area contributed by atoms with Crippen molar-refractivity contribution in [1.82, 2.24) is 5.16 Å². The van der Waals surface area contributed by atoms with Crippen LogP contribution in [0.25, 0.3) is 12.2 Å². The van der Waals surface area contributed by atoms with Crippen molar-refractivity contribution in [2.75, 3.05) is 23.3 Å². The van der Waals surface area contributed by atoms with Crippen molar-refractivity contribution < 1.29 is 9.26 Å². The lowest BCUT2D eigenvalue weighted by Gasteiger charge is -2.37. The second-order valence-corrected chi connectivity index (χ2v) is 7.58. The number of halogens is 1. The molecule has 0 unspecified atom stereocenters. The fraction of sp³-hybridized carbons (Fsp3) is 0.143. The van der Waals surface area contributed by atoms with Gasteiger partial charge >= 0.3 is 0 Å². The Morgan fingerprint density at radius 2 is 1.71 bits per heavy atom. The zero-order valence-corrected chi connectivity index (χ0v) is 17.6. The monoisotopic (exact) mass is 455 g/mol. The first-order valence-corrected chi connectivity index (χ1v) is 9.95. The lowest BCUT2D eigenvalue weighted by molar-refractivity contribution is 0.138. The van der Waals surface area contributed by atoms with Crippen LogP contribution in [0.15, 0.2) is 63.6 Å². The molecule has 1 aliphatic heterocycles. The molecule has 0 saturated carbocycles. The molecule has 3 aromatic rings. The Balaban J connectivity index is 1.63. The average Bonchev–Trinajstić information content (AvgIpc) is 3.08. The van der Waals surface area contributed by atoms with Gasteiger partial charge in [-0.05, 0) is 55.0 Å². The number of aryl methyl sites for hydroxylation is 1. The van der Waals surface area contributed by atoms with Crippen molar-refractivity contribution in [2.45, 2.75) is 6.92 Å². The number of benzene rings is 2. The highest BCUT2D eigenvalue weighted by Crippen LogP contribution is 2.31. The van der Waals surface area contributed by atoms with E-state index in [2.05, 4.69) is 21.1 Å². The molecule has 7 heteroatoms. The summed E-state index contributed by atoms with van der Waals surface area (Å²) in [4.78, 5) is 3.86.